The van der Waals surface area contributed by atoms with E-state index in [0.717, 1.165) is 4.52 Å². The van der Waals surface area contributed by atoms with Gasteiger partial charge in [0.15, 0.2) is 5.65 Å². The Balaban J connectivity index is 2.18. The molecule has 0 saturated carbocycles. The zero-order chi connectivity index (χ0) is 17.1. The van der Waals surface area contributed by atoms with E-state index in [1.165, 1.54) is 18.3 Å². The molecule has 3 rings (SSSR count). The van der Waals surface area contributed by atoms with Crippen LogP contribution in [0, 0.1) is 0 Å². The van der Waals surface area contributed by atoms with Gasteiger partial charge in [-0.05, 0) is 6.07 Å². The van der Waals surface area contributed by atoms with Crippen molar-refractivity contribution in [3.63, 3.8) is 0 Å². The lowest BCUT2D eigenvalue weighted by Gasteiger charge is -2.08. The highest BCUT2D eigenvalue weighted by molar-refractivity contribution is 6.00. The zero-order valence-electron chi connectivity index (χ0n) is 12.6. The molecule has 0 aliphatic heterocycles. The predicted molar refractivity (Wildman–Crippen MR) is 85.9 cm³/mol. The lowest BCUT2D eigenvalue weighted by molar-refractivity contribution is 0.0959. The summed E-state index contributed by atoms with van der Waals surface area (Å²) in [5, 5.41) is 6.49. The first kappa shape index (κ1) is 15.8. The lowest BCUT2D eigenvalue weighted by Crippen LogP contribution is -2.23. The van der Waals surface area contributed by atoms with Gasteiger partial charge in [0.2, 0.25) is 0 Å². The second kappa shape index (κ2) is 6.57. The van der Waals surface area contributed by atoms with Gasteiger partial charge in [0, 0.05) is 12.1 Å². The van der Waals surface area contributed by atoms with E-state index in [2.05, 4.69) is 22.0 Å². The van der Waals surface area contributed by atoms with E-state index in [9.17, 15) is 13.6 Å². The van der Waals surface area contributed by atoms with Crippen LogP contribution in [0.25, 0.3) is 16.9 Å². The zero-order valence-corrected chi connectivity index (χ0v) is 12.6. The first-order chi connectivity index (χ1) is 11.6. The van der Waals surface area contributed by atoms with Crippen LogP contribution in [0.5, 0.6) is 0 Å². The number of benzene rings is 1. The van der Waals surface area contributed by atoms with Crippen LogP contribution < -0.4 is 5.32 Å². The summed E-state index contributed by atoms with van der Waals surface area (Å²) in [6, 6.07) is 10.2. The predicted octanol–water partition coefficient (Wildman–Crippen LogP) is 3.25. The summed E-state index contributed by atoms with van der Waals surface area (Å²) in [4.78, 5) is 16.5. The van der Waals surface area contributed by atoms with E-state index in [1.54, 1.807) is 24.3 Å². The van der Waals surface area contributed by atoms with Gasteiger partial charge in [-0.25, -0.2) is 18.3 Å². The number of nitrogens with one attached hydrogen (secondary N) is 1. The summed E-state index contributed by atoms with van der Waals surface area (Å²) in [5.74, 6) is -0.442. The number of amides is 1. The SMILES string of the molecule is C=CCNC(=O)c1cnn2c(C(F)F)cc(-c3ccccc3)nc12. The van der Waals surface area contributed by atoms with Crippen LogP contribution in [-0.2, 0) is 0 Å². The van der Waals surface area contributed by atoms with E-state index in [-0.39, 0.29) is 23.4 Å². The topological polar surface area (TPSA) is 59.3 Å². The number of carbonyl (C=O) groups excluding carboxylic acids is 1. The van der Waals surface area contributed by atoms with Crippen molar-refractivity contribution in [3.8, 4) is 11.3 Å². The number of halogens is 2. The molecule has 0 unspecified atom stereocenters. The lowest BCUT2D eigenvalue weighted by atomic mass is 10.1. The Kier molecular flexibility index (Phi) is 4.33. The molecule has 1 N–H and O–H groups in total. The Labute approximate surface area is 136 Å². The maximum atomic E-state index is 13.4. The summed E-state index contributed by atoms with van der Waals surface area (Å²) >= 11 is 0. The Bertz CT molecular complexity index is 890. The summed E-state index contributed by atoms with van der Waals surface area (Å²) in [6.45, 7) is 3.78. The molecule has 122 valence electrons. The summed E-state index contributed by atoms with van der Waals surface area (Å²) in [5.41, 5.74) is 0.948. The Morgan fingerprint density at radius 1 is 1.33 bits per heavy atom. The molecule has 1 amide bonds. The smallest absolute Gasteiger partial charge is 0.280 e. The van der Waals surface area contributed by atoms with E-state index in [1.807, 2.05) is 6.07 Å². The number of carbonyl (C=O) groups is 1. The molecule has 0 radical (unpaired) electrons. The minimum atomic E-state index is -2.75. The highest BCUT2D eigenvalue weighted by atomic mass is 19.3. The van der Waals surface area contributed by atoms with Gasteiger partial charge >= 0.3 is 0 Å². The third-order valence-corrected chi connectivity index (χ3v) is 3.44. The fourth-order valence-corrected chi connectivity index (χ4v) is 2.32. The molecule has 2 heterocycles. The van der Waals surface area contributed by atoms with Crippen molar-refractivity contribution >= 4 is 11.6 Å². The average Bonchev–Trinajstić information content (AvgIpc) is 3.03. The molecule has 0 spiro atoms. The van der Waals surface area contributed by atoms with Crippen molar-refractivity contribution < 1.29 is 13.6 Å². The quantitative estimate of drug-likeness (QED) is 0.732. The maximum Gasteiger partial charge on any atom is 0.280 e. The summed E-state index contributed by atoms with van der Waals surface area (Å²) in [6.07, 6.45) is 0.0141. The number of hydrogen-bond acceptors (Lipinski definition) is 3. The Hall–Kier alpha value is -3.09. The molecule has 0 atom stereocenters. The van der Waals surface area contributed by atoms with Crippen molar-refractivity contribution in [1.82, 2.24) is 19.9 Å². The van der Waals surface area contributed by atoms with Gasteiger partial charge in [0.05, 0.1) is 11.9 Å². The third kappa shape index (κ3) is 2.88. The first-order valence-corrected chi connectivity index (χ1v) is 7.23. The number of rotatable bonds is 5. The number of aromatic nitrogens is 3. The minimum Gasteiger partial charge on any atom is -0.348 e. The Morgan fingerprint density at radius 2 is 2.08 bits per heavy atom. The Morgan fingerprint density at radius 3 is 2.75 bits per heavy atom. The largest absolute Gasteiger partial charge is 0.348 e. The third-order valence-electron chi connectivity index (χ3n) is 3.44. The second-order valence-corrected chi connectivity index (χ2v) is 5.03. The highest BCUT2D eigenvalue weighted by Gasteiger charge is 2.21. The molecule has 3 aromatic rings. The highest BCUT2D eigenvalue weighted by Crippen LogP contribution is 2.26. The van der Waals surface area contributed by atoms with Crippen molar-refractivity contribution in [1.29, 1.82) is 0 Å². The van der Waals surface area contributed by atoms with Crippen LogP contribution in [0.1, 0.15) is 22.5 Å². The van der Waals surface area contributed by atoms with Crippen LogP contribution >= 0.6 is 0 Å². The molecule has 24 heavy (non-hydrogen) atoms. The van der Waals surface area contributed by atoms with E-state index < -0.39 is 12.3 Å². The fraction of sp³-hybridized carbons (Fsp3) is 0.118. The fourth-order valence-electron chi connectivity index (χ4n) is 2.32. The molecule has 2 aromatic heterocycles. The molecular formula is C17H14F2N4O. The van der Waals surface area contributed by atoms with Crippen LogP contribution in [0.4, 0.5) is 8.78 Å². The molecule has 0 aliphatic rings. The van der Waals surface area contributed by atoms with Crippen LogP contribution in [0.3, 0.4) is 0 Å². The van der Waals surface area contributed by atoms with Gasteiger partial charge in [0.25, 0.3) is 12.3 Å². The van der Waals surface area contributed by atoms with Gasteiger partial charge in [-0.15, -0.1) is 6.58 Å². The van der Waals surface area contributed by atoms with Gasteiger partial charge in [-0.1, -0.05) is 36.4 Å². The summed E-state index contributed by atoms with van der Waals surface area (Å²) < 4.78 is 27.8. The number of fused-ring (bicyclic) bond motifs is 1. The standard InChI is InChI=1S/C17H14F2N4O/c1-2-8-20-17(24)12-10-21-23-14(15(18)19)9-13(22-16(12)23)11-6-4-3-5-7-11/h2-7,9-10,15H,1,8H2,(H,20,24). The van der Waals surface area contributed by atoms with Crippen molar-refractivity contribution in [3.05, 3.63) is 66.5 Å². The molecule has 0 saturated heterocycles. The van der Waals surface area contributed by atoms with Gasteiger partial charge in [-0.3, -0.25) is 4.79 Å². The van der Waals surface area contributed by atoms with Crippen LogP contribution in [0.15, 0.2) is 55.3 Å². The molecule has 0 bridgehead atoms. The van der Waals surface area contributed by atoms with E-state index >= 15 is 0 Å². The molecular weight excluding hydrogens is 314 g/mol. The molecule has 5 nitrogen and oxygen atoms in total. The van der Waals surface area contributed by atoms with E-state index in [4.69, 9.17) is 0 Å². The maximum absolute atomic E-state index is 13.4. The van der Waals surface area contributed by atoms with Gasteiger partial charge in [-0.2, -0.15) is 5.10 Å². The molecule has 0 fully saturated rings. The monoisotopic (exact) mass is 328 g/mol. The number of alkyl halides is 2. The molecule has 7 heteroatoms. The van der Waals surface area contributed by atoms with Crippen LogP contribution in [0.2, 0.25) is 0 Å². The minimum absolute atomic E-state index is 0.0909. The van der Waals surface area contributed by atoms with Crippen LogP contribution in [-0.4, -0.2) is 27.0 Å². The van der Waals surface area contributed by atoms with Crippen molar-refractivity contribution in [2.45, 2.75) is 6.43 Å². The average molecular weight is 328 g/mol. The number of nitrogens with zero attached hydrogens (tertiary/aromatic N) is 3. The van der Waals surface area contributed by atoms with Crippen molar-refractivity contribution in [2.75, 3.05) is 6.54 Å². The summed E-state index contributed by atoms with van der Waals surface area (Å²) in [7, 11) is 0. The second-order valence-electron chi connectivity index (χ2n) is 5.03. The van der Waals surface area contributed by atoms with Gasteiger partial charge in [0.1, 0.15) is 11.3 Å². The van der Waals surface area contributed by atoms with E-state index in [0.29, 0.717) is 11.3 Å². The first-order valence-electron chi connectivity index (χ1n) is 7.23. The molecule has 0 aliphatic carbocycles. The van der Waals surface area contributed by atoms with Gasteiger partial charge < -0.3 is 5.32 Å². The molecule has 1 aromatic carbocycles. The van der Waals surface area contributed by atoms with Crippen molar-refractivity contribution in [2.24, 2.45) is 0 Å². The normalized spacial score (nSPS) is 11.0. The number of hydrogen-bond donors (Lipinski definition) is 1.